The van der Waals surface area contributed by atoms with Crippen LogP contribution in [0.4, 0.5) is 0 Å². The van der Waals surface area contributed by atoms with Gasteiger partial charge in [0.05, 0.1) is 25.4 Å². The van der Waals surface area contributed by atoms with Gasteiger partial charge in [-0.2, -0.15) is 0 Å². The van der Waals surface area contributed by atoms with Gasteiger partial charge in [0, 0.05) is 12.8 Å². The average molecular weight is 1060 g/mol. The van der Waals surface area contributed by atoms with Crippen molar-refractivity contribution in [2.24, 2.45) is 0 Å². The molecule has 0 aromatic rings. The summed E-state index contributed by atoms with van der Waals surface area (Å²) in [5.74, 6) is -0.0478. The number of unbranched alkanes of at least 4 members (excludes halogenated alkanes) is 51. The molecule has 75 heavy (non-hydrogen) atoms. The van der Waals surface area contributed by atoms with Gasteiger partial charge in [-0.05, 0) is 57.8 Å². The van der Waals surface area contributed by atoms with Gasteiger partial charge in [0.25, 0.3) is 0 Å². The lowest BCUT2D eigenvalue weighted by atomic mass is 10.0. The van der Waals surface area contributed by atoms with Crippen LogP contribution in [0, 0.1) is 0 Å². The van der Waals surface area contributed by atoms with E-state index in [0.717, 1.165) is 38.5 Å². The number of carbonyl (C=O) groups is 2. The first kappa shape index (κ1) is 73.3. The van der Waals surface area contributed by atoms with E-state index >= 15 is 0 Å². The van der Waals surface area contributed by atoms with Crippen LogP contribution in [0.1, 0.15) is 380 Å². The van der Waals surface area contributed by atoms with Gasteiger partial charge in [0.1, 0.15) is 0 Å². The van der Waals surface area contributed by atoms with E-state index in [2.05, 4.69) is 31.3 Å². The topological polar surface area (TPSA) is 95.9 Å². The van der Waals surface area contributed by atoms with E-state index in [1.165, 1.54) is 315 Å². The van der Waals surface area contributed by atoms with Gasteiger partial charge < -0.3 is 20.3 Å². The van der Waals surface area contributed by atoms with Crippen LogP contribution in [0.15, 0.2) is 24.3 Å². The van der Waals surface area contributed by atoms with E-state index in [-0.39, 0.29) is 18.5 Å². The monoisotopic (exact) mass is 1060 g/mol. The summed E-state index contributed by atoms with van der Waals surface area (Å²) >= 11 is 0. The predicted molar refractivity (Wildman–Crippen MR) is 329 cm³/mol. The summed E-state index contributed by atoms with van der Waals surface area (Å²) in [6, 6.07) is -0.627. The fourth-order valence-electron chi connectivity index (χ4n) is 10.7. The number of esters is 1. The second kappa shape index (κ2) is 64.9. The zero-order chi connectivity index (χ0) is 54.3. The zero-order valence-electron chi connectivity index (χ0n) is 50.8. The summed E-state index contributed by atoms with van der Waals surface area (Å²) in [5, 5.41) is 23.1. The van der Waals surface area contributed by atoms with Crippen molar-refractivity contribution in [3.05, 3.63) is 24.3 Å². The average Bonchev–Trinajstić information content (AvgIpc) is 3.41. The number of allylic oxidation sites excluding steroid dienone is 3. The van der Waals surface area contributed by atoms with E-state index in [1.54, 1.807) is 6.08 Å². The molecule has 444 valence electrons. The first-order chi connectivity index (χ1) is 37.0. The maximum atomic E-state index is 12.5. The molecule has 0 aromatic carbocycles. The lowest BCUT2D eigenvalue weighted by Crippen LogP contribution is -2.45. The van der Waals surface area contributed by atoms with E-state index in [4.69, 9.17) is 4.74 Å². The minimum Gasteiger partial charge on any atom is -0.466 e. The maximum absolute atomic E-state index is 12.5. The number of aliphatic hydroxyl groups is 2. The SMILES string of the molecule is CCCCCCCCCCCCC/C=C/C(O)C(CO)NC(=O)CCCCCCCCCCCCC/C=C\CCCCCCCCCCCCCCOC(=O)CCCCCCCCCCCCCCCCCCCC. The van der Waals surface area contributed by atoms with Gasteiger partial charge >= 0.3 is 5.97 Å². The molecule has 3 N–H and O–H groups in total. The molecule has 0 saturated carbocycles. The Kier molecular flexibility index (Phi) is 63.4. The van der Waals surface area contributed by atoms with Crippen LogP contribution in [0.2, 0.25) is 0 Å². The molecule has 2 unspecified atom stereocenters. The van der Waals surface area contributed by atoms with Gasteiger partial charge in [0.2, 0.25) is 5.91 Å². The first-order valence-electron chi connectivity index (χ1n) is 34.1. The van der Waals surface area contributed by atoms with Gasteiger partial charge in [-0.3, -0.25) is 9.59 Å². The number of aliphatic hydroxyl groups excluding tert-OH is 2. The molecule has 0 radical (unpaired) electrons. The van der Waals surface area contributed by atoms with Gasteiger partial charge in [-0.25, -0.2) is 0 Å². The second-order valence-electron chi connectivity index (χ2n) is 23.5. The predicted octanol–water partition coefficient (Wildman–Crippen LogP) is 21.8. The fraction of sp³-hybridized carbons (Fsp3) is 0.913. The molecule has 6 heteroatoms. The number of carbonyl (C=O) groups excluding carboxylic acids is 2. The summed E-state index contributed by atoms with van der Waals surface area (Å²) < 4.78 is 5.51. The Morgan fingerprint density at radius 1 is 0.360 bits per heavy atom. The molecule has 0 bridgehead atoms. The molecular weight excluding hydrogens is 923 g/mol. The second-order valence-corrected chi connectivity index (χ2v) is 23.5. The normalized spacial score (nSPS) is 12.6. The molecule has 1 amide bonds. The standard InChI is InChI=1S/C69H133NO5/c1-3-5-7-9-11-13-15-17-18-19-32-35-39-43-47-51-55-59-63-69(74)75-64-60-56-52-48-44-40-36-33-30-28-26-24-22-20-21-23-25-27-29-31-34-38-42-46-50-54-58-62-68(73)70-66(65-71)67(72)61-57-53-49-45-41-37-16-14-12-10-8-6-4-2/h20-21,57,61,66-67,71-72H,3-19,22-56,58-60,62-65H2,1-2H3,(H,70,73)/b21-20-,61-57+. The molecule has 0 aliphatic rings. The van der Waals surface area contributed by atoms with E-state index < -0.39 is 12.1 Å². The lowest BCUT2D eigenvalue weighted by Gasteiger charge is -2.20. The highest BCUT2D eigenvalue weighted by atomic mass is 16.5. The van der Waals surface area contributed by atoms with Gasteiger partial charge in [-0.1, -0.05) is 334 Å². The van der Waals surface area contributed by atoms with Crippen molar-refractivity contribution in [2.45, 2.75) is 392 Å². The van der Waals surface area contributed by atoms with Crippen molar-refractivity contribution in [1.82, 2.24) is 5.32 Å². The molecule has 0 spiro atoms. The van der Waals surface area contributed by atoms with Crippen LogP contribution in [0.3, 0.4) is 0 Å². The number of ether oxygens (including phenoxy) is 1. The third-order valence-corrected chi connectivity index (χ3v) is 16.0. The lowest BCUT2D eigenvalue weighted by molar-refractivity contribution is -0.143. The number of amides is 1. The Bertz CT molecular complexity index is 1170. The van der Waals surface area contributed by atoms with Crippen molar-refractivity contribution in [2.75, 3.05) is 13.2 Å². The molecular formula is C69H133NO5. The largest absolute Gasteiger partial charge is 0.466 e. The Labute approximate surface area is 469 Å². The van der Waals surface area contributed by atoms with Crippen molar-refractivity contribution >= 4 is 11.9 Å². The molecule has 6 nitrogen and oxygen atoms in total. The third-order valence-electron chi connectivity index (χ3n) is 16.0. The smallest absolute Gasteiger partial charge is 0.305 e. The summed E-state index contributed by atoms with van der Waals surface area (Å²) in [5.41, 5.74) is 0. The van der Waals surface area contributed by atoms with Crippen LogP contribution in [-0.4, -0.2) is 47.4 Å². The Balaban J connectivity index is 3.36. The molecule has 0 rings (SSSR count). The fourth-order valence-corrected chi connectivity index (χ4v) is 10.7. The quantitative estimate of drug-likeness (QED) is 0.0320. The third kappa shape index (κ3) is 61.4. The van der Waals surface area contributed by atoms with Crippen molar-refractivity contribution < 1.29 is 24.5 Å². The highest BCUT2D eigenvalue weighted by Crippen LogP contribution is 2.18. The molecule has 0 heterocycles. The number of rotatable bonds is 64. The molecule has 0 saturated heterocycles. The summed E-state index contributed by atoms with van der Waals surface area (Å²) in [6.45, 7) is 4.93. The number of nitrogens with one attached hydrogen (secondary N) is 1. The van der Waals surface area contributed by atoms with Crippen molar-refractivity contribution in [3.63, 3.8) is 0 Å². The molecule has 0 fully saturated rings. The molecule has 0 aliphatic heterocycles. The molecule has 0 aromatic heterocycles. The Hall–Kier alpha value is -1.66. The van der Waals surface area contributed by atoms with Crippen LogP contribution >= 0.6 is 0 Å². The van der Waals surface area contributed by atoms with Gasteiger partial charge in [0.15, 0.2) is 0 Å². The molecule has 2 atom stereocenters. The Morgan fingerprint density at radius 2 is 0.627 bits per heavy atom. The van der Waals surface area contributed by atoms with E-state index in [9.17, 15) is 19.8 Å². The zero-order valence-corrected chi connectivity index (χ0v) is 50.8. The highest BCUT2D eigenvalue weighted by Gasteiger charge is 2.18. The minimum atomic E-state index is -0.844. The van der Waals surface area contributed by atoms with Crippen LogP contribution in [0.5, 0.6) is 0 Å². The van der Waals surface area contributed by atoms with Crippen LogP contribution in [0.25, 0.3) is 0 Å². The minimum absolute atomic E-state index is 0.0197. The summed E-state index contributed by atoms with van der Waals surface area (Å²) in [4.78, 5) is 24.6. The van der Waals surface area contributed by atoms with Crippen LogP contribution in [-0.2, 0) is 14.3 Å². The molecule has 0 aliphatic carbocycles. The number of hydrogen-bond acceptors (Lipinski definition) is 5. The first-order valence-corrected chi connectivity index (χ1v) is 34.1. The summed E-state index contributed by atoms with van der Waals surface area (Å²) in [6.07, 6.45) is 81.1. The van der Waals surface area contributed by atoms with Crippen molar-refractivity contribution in [3.8, 4) is 0 Å². The van der Waals surface area contributed by atoms with Crippen LogP contribution < -0.4 is 5.32 Å². The van der Waals surface area contributed by atoms with Gasteiger partial charge in [-0.15, -0.1) is 0 Å². The van der Waals surface area contributed by atoms with Crippen molar-refractivity contribution in [1.29, 1.82) is 0 Å². The van der Waals surface area contributed by atoms with E-state index in [0.29, 0.717) is 19.4 Å². The number of hydrogen-bond donors (Lipinski definition) is 3. The highest BCUT2D eigenvalue weighted by molar-refractivity contribution is 5.76. The Morgan fingerprint density at radius 3 is 0.947 bits per heavy atom. The maximum Gasteiger partial charge on any atom is 0.305 e. The van der Waals surface area contributed by atoms with E-state index in [1.807, 2.05) is 6.08 Å². The summed E-state index contributed by atoms with van der Waals surface area (Å²) in [7, 11) is 0.